The van der Waals surface area contributed by atoms with Gasteiger partial charge in [0.05, 0.1) is 25.0 Å². The van der Waals surface area contributed by atoms with Crippen LogP contribution in [0.25, 0.3) is 11.1 Å². The molecule has 36 heavy (non-hydrogen) atoms. The first kappa shape index (κ1) is 25.4. The molecule has 1 aliphatic heterocycles. The summed E-state index contributed by atoms with van der Waals surface area (Å²) in [5, 5.41) is 11.4. The lowest BCUT2D eigenvalue weighted by atomic mass is 9.95. The van der Waals surface area contributed by atoms with Gasteiger partial charge in [-0.2, -0.15) is 0 Å². The number of H-pyrrole nitrogens is 1. The molecule has 1 unspecified atom stereocenters. The number of pyridine rings is 1. The van der Waals surface area contributed by atoms with Gasteiger partial charge in [0.1, 0.15) is 28.7 Å². The summed E-state index contributed by atoms with van der Waals surface area (Å²) >= 11 is 0. The smallest absolute Gasteiger partial charge is 0.264 e. The first-order chi connectivity index (χ1) is 17.3. The SMILES string of the molecule is CCOCc1[nH]c(=O)c(C(=O)N2CCC(c3c(F)cccc3F)C2)c(O)c1-c1c(C)cccc1OC. The number of aryl methyl sites for hydroxylation is 1. The highest BCUT2D eigenvalue weighted by Crippen LogP contribution is 2.41. The fourth-order valence-corrected chi connectivity index (χ4v) is 4.79. The van der Waals surface area contributed by atoms with Crippen LogP contribution in [0.5, 0.6) is 11.5 Å². The maximum atomic E-state index is 14.3. The highest BCUT2D eigenvalue weighted by atomic mass is 19.1. The summed E-state index contributed by atoms with van der Waals surface area (Å²) in [6.45, 7) is 4.18. The molecule has 0 aliphatic carbocycles. The van der Waals surface area contributed by atoms with E-state index in [1.807, 2.05) is 13.0 Å². The number of carbonyl (C=O) groups excluding carboxylic acids is 1. The van der Waals surface area contributed by atoms with Crippen molar-refractivity contribution in [3.63, 3.8) is 0 Å². The van der Waals surface area contributed by atoms with E-state index in [9.17, 15) is 23.5 Å². The number of amides is 1. The molecule has 1 aliphatic rings. The molecule has 3 aromatic rings. The van der Waals surface area contributed by atoms with E-state index in [0.29, 0.717) is 30.0 Å². The van der Waals surface area contributed by atoms with Gasteiger partial charge >= 0.3 is 0 Å². The van der Waals surface area contributed by atoms with Gasteiger partial charge in [0.25, 0.3) is 11.5 Å². The average molecular weight is 499 g/mol. The molecule has 7 nitrogen and oxygen atoms in total. The molecule has 1 saturated heterocycles. The number of benzene rings is 2. The van der Waals surface area contributed by atoms with Crippen LogP contribution in [-0.4, -0.2) is 47.7 Å². The topological polar surface area (TPSA) is 91.9 Å². The Bertz CT molecular complexity index is 1330. The number of aromatic hydroxyl groups is 1. The lowest BCUT2D eigenvalue weighted by Gasteiger charge is -2.21. The average Bonchev–Trinajstić information content (AvgIpc) is 3.32. The number of hydrogen-bond donors (Lipinski definition) is 2. The molecule has 0 bridgehead atoms. The Kier molecular flexibility index (Phi) is 7.40. The Morgan fingerprint density at radius 1 is 1.17 bits per heavy atom. The van der Waals surface area contributed by atoms with Crippen molar-refractivity contribution >= 4 is 5.91 Å². The molecule has 1 aromatic heterocycles. The Labute approximate surface area is 207 Å². The molecule has 4 rings (SSSR count). The molecule has 0 spiro atoms. The van der Waals surface area contributed by atoms with Crippen LogP contribution in [-0.2, 0) is 11.3 Å². The van der Waals surface area contributed by atoms with Crippen LogP contribution in [0.15, 0.2) is 41.2 Å². The third-order valence-corrected chi connectivity index (χ3v) is 6.52. The van der Waals surface area contributed by atoms with Crippen molar-refractivity contribution in [2.45, 2.75) is 32.8 Å². The predicted octanol–water partition coefficient (Wildman–Crippen LogP) is 4.51. The van der Waals surface area contributed by atoms with Gasteiger partial charge < -0.3 is 24.5 Å². The fourth-order valence-electron chi connectivity index (χ4n) is 4.79. The standard InChI is InChI=1S/C27H28F2N2O5/c1-4-36-14-19-23(21-15(2)7-5-10-20(21)35-3)25(32)24(26(33)30-19)27(34)31-12-11-16(13-31)22-17(28)8-6-9-18(22)29/h5-10,16H,4,11-14H2,1-3H3,(H2,30,32,33). The maximum Gasteiger partial charge on any atom is 0.264 e. The van der Waals surface area contributed by atoms with E-state index in [-0.39, 0.29) is 30.8 Å². The number of halogens is 2. The number of carbonyl (C=O) groups is 1. The zero-order chi connectivity index (χ0) is 26.0. The molecule has 0 radical (unpaired) electrons. The number of nitrogens with one attached hydrogen (secondary N) is 1. The van der Waals surface area contributed by atoms with E-state index in [1.54, 1.807) is 19.1 Å². The van der Waals surface area contributed by atoms with Gasteiger partial charge in [0, 0.05) is 36.7 Å². The van der Waals surface area contributed by atoms with Gasteiger partial charge in [-0.15, -0.1) is 0 Å². The number of methoxy groups -OCH3 is 1. The van der Waals surface area contributed by atoms with E-state index in [4.69, 9.17) is 9.47 Å². The van der Waals surface area contributed by atoms with Crippen LogP contribution in [0.4, 0.5) is 8.78 Å². The second-order valence-electron chi connectivity index (χ2n) is 8.69. The van der Waals surface area contributed by atoms with Crippen LogP contribution in [0, 0.1) is 18.6 Å². The van der Waals surface area contributed by atoms with E-state index in [2.05, 4.69) is 4.98 Å². The number of hydrogen-bond acceptors (Lipinski definition) is 5. The summed E-state index contributed by atoms with van der Waals surface area (Å²) in [7, 11) is 1.49. The van der Waals surface area contributed by atoms with E-state index in [0.717, 1.165) is 5.56 Å². The highest BCUT2D eigenvalue weighted by molar-refractivity contribution is 6.00. The minimum Gasteiger partial charge on any atom is -0.506 e. The highest BCUT2D eigenvalue weighted by Gasteiger charge is 2.35. The summed E-state index contributed by atoms with van der Waals surface area (Å²) < 4.78 is 39.6. The predicted molar refractivity (Wildman–Crippen MR) is 130 cm³/mol. The Morgan fingerprint density at radius 3 is 2.53 bits per heavy atom. The van der Waals surface area contributed by atoms with Crippen molar-refractivity contribution in [1.82, 2.24) is 9.88 Å². The van der Waals surface area contributed by atoms with Crippen molar-refractivity contribution in [2.75, 3.05) is 26.8 Å². The van der Waals surface area contributed by atoms with Crippen LogP contribution < -0.4 is 10.3 Å². The number of ether oxygens (including phenoxy) is 2. The number of aromatic nitrogens is 1. The molecule has 2 N–H and O–H groups in total. The van der Waals surface area contributed by atoms with E-state index in [1.165, 1.54) is 30.2 Å². The van der Waals surface area contributed by atoms with Gasteiger partial charge in [0.2, 0.25) is 0 Å². The molecule has 1 fully saturated rings. The minimum atomic E-state index is -0.774. The molecule has 1 amide bonds. The van der Waals surface area contributed by atoms with Crippen molar-refractivity contribution in [3.8, 4) is 22.6 Å². The van der Waals surface area contributed by atoms with Crippen LogP contribution in [0.2, 0.25) is 0 Å². The second kappa shape index (κ2) is 10.5. The summed E-state index contributed by atoms with van der Waals surface area (Å²) in [4.78, 5) is 30.5. The lowest BCUT2D eigenvalue weighted by molar-refractivity contribution is 0.0785. The molecule has 190 valence electrons. The zero-order valence-corrected chi connectivity index (χ0v) is 20.4. The Hall–Kier alpha value is -3.72. The Morgan fingerprint density at radius 2 is 1.86 bits per heavy atom. The number of nitrogens with zero attached hydrogens (tertiary/aromatic N) is 1. The third kappa shape index (κ3) is 4.58. The van der Waals surface area contributed by atoms with Crippen molar-refractivity contribution < 1.29 is 28.2 Å². The molecule has 1 atom stereocenters. The molecule has 2 heterocycles. The van der Waals surface area contributed by atoms with E-state index >= 15 is 0 Å². The number of aromatic amines is 1. The Balaban J connectivity index is 1.78. The number of likely N-dealkylation sites (tertiary alicyclic amines) is 1. The largest absolute Gasteiger partial charge is 0.506 e. The fraction of sp³-hybridized carbons (Fsp3) is 0.333. The first-order valence-electron chi connectivity index (χ1n) is 11.7. The lowest BCUT2D eigenvalue weighted by Crippen LogP contribution is -2.34. The molecule has 9 heteroatoms. The van der Waals surface area contributed by atoms with Crippen molar-refractivity contribution in [2.24, 2.45) is 0 Å². The summed E-state index contributed by atoms with van der Waals surface area (Å²) in [5.74, 6) is -2.68. The second-order valence-corrected chi connectivity index (χ2v) is 8.69. The summed E-state index contributed by atoms with van der Waals surface area (Å²) in [6, 6.07) is 8.97. The van der Waals surface area contributed by atoms with Gasteiger partial charge in [-0.1, -0.05) is 18.2 Å². The van der Waals surface area contributed by atoms with Crippen LogP contribution in [0.1, 0.15) is 46.4 Å². The first-order valence-corrected chi connectivity index (χ1v) is 11.7. The molecule has 0 saturated carbocycles. The van der Waals surface area contributed by atoms with Crippen molar-refractivity contribution in [1.29, 1.82) is 0 Å². The van der Waals surface area contributed by atoms with Crippen LogP contribution >= 0.6 is 0 Å². The minimum absolute atomic E-state index is 0.00105. The zero-order valence-electron chi connectivity index (χ0n) is 20.4. The molecular formula is C27H28F2N2O5. The van der Waals surface area contributed by atoms with Gasteiger partial charge in [0.15, 0.2) is 0 Å². The monoisotopic (exact) mass is 498 g/mol. The summed E-state index contributed by atoms with van der Waals surface area (Å²) in [5.41, 5.74) is 0.514. The normalized spacial score (nSPS) is 15.4. The van der Waals surface area contributed by atoms with Crippen LogP contribution in [0.3, 0.4) is 0 Å². The molecule has 2 aromatic carbocycles. The van der Waals surface area contributed by atoms with E-state index < -0.39 is 40.3 Å². The number of rotatable bonds is 7. The van der Waals surface area contributed by atoms with Gasteiger partial charge in [-0.25, -0.2) is 8.78 Å². The third-order valence-electron chi connectivity index (χ3n) is 6.52. The maximum absolute atomic E-state index is 14.3. The molecular weight excluding hydrogens is 470 g/mol. The summed E-state index contributed by atoms with van der Waals surface area (Å²) in [6.07, 6.45) is 0.323. The van der Waals surface area contributed by atoms with Gasteiger partial charge in [-0.3, -0.25) is 9.59 Å². The van der Waals surface area contributed by atoms with Gasteiger partial charge in [-0.05, 0) is 44.0 Å². The quantitative estimate of drug-likeness (QED) is 0.500. The van der Waals surface area contributed by atoms with Crippen molar-refractivity contribution in [3.05, 3.63) is 80.8 Å².